The molecule has 0 radical (unpaired) electrons. The van der Waals surface area contributed by atoms with Crippen LogP contribution in [0.4, 0.5) is 11.4 Å². The molecule has 0 bridgehead atoms. The molecule has 2 heterocycles. The lowest BCUT2D eigenvalue weighted by Crippen LogP contribution is -2.10. The van der Waals surface area contributed by atoms with Crippen molar-refractivity contribution in [3.63, 3.8) is 0 Å². The molecule has 138 valence electrons. The second kappa shape index (κ2) is 9.59. The number of amides is 2. The van der Waals surface area contributed by atoms with Crippen LogP contribution >= 0.6 is 0 Å². The highest BCUT2D eigenvalue weighted by molar-refractivity contribution is 6.04. The van der Waals surface area contributed by atoms with E-state index >= 15 is 0 Å². The zero-order valence-corrected chi connectivity index (χ0v) is 14.9. The highest BCUT2D eigenvalue weighted by atomic mass is 16.2. The lowest BCUT2D eigenvalue weighted by atomic mass is 10.2. The molecule has 2 amide bonds. The molecule has 6 heteroatoms. The van der Waals surface area contributed by atoms with Crippen LogP contribution < -0.4 is 10.6 Å². The number of nitrogens with one attached hydrogen (secondary N) is 2. The molecule has 0 aliphatic rings. The molecule has 0 saturated heterocycles. The van der Waals surface area contributed by atoms with E-state index in [2.05, 4.69) is 20.6 Å². The SMILES string of the molecule is O=C(/C=C/c1cccnc1)Nc1cccc(NC(=O)/C=C/c2cccnc2)c1. The second-order valence-electron chi connectivity index (χ2n) is 5.80. The van der Waals surface area contributed by atoms with Crippen LogP contribution in [-0.4, -0.2) is 21.8 Å². The van der Waals surface area contributed by atoms with Gasteiger partial charge in [0.15, 0.2) is 0 Å². The highest BCUT2D eigenvalue weighted by Crippen LogP contribution is 2.15. The van der Waals surface area contributed by atoms with Gasteiger partial charge in [0.1, 0.15) is 0 Å². The van der Waals surface area contributed by atoms with Crippen LogP contribution in [0.3, 0.4) is 0 Å². The number of anilines is 2. The van der Waals surface area contributed by atoms with E-state index in [1.807, 2.05) is 12.1 Å². The van der Waals surface area contributed by atoms with Gasteiger partial charge in [-0.15, -0.1) is 0 Å². The van der Waals surface area contributed by atoms with E-state index in [4.69, 9.17) is 0 Å². The molecule has 0 spiro atoms. The second-order valence-corrected chi connectivity index (χ2v) is 5.80. The standard InChI is InChI=1S/C22H18N4O2/c27-21(10-8-17-4-2-12-23-15-17)25-19-6-1-7-20(14-19)26-22(28)11-9-18-5-3-13-24-16-18/h1-16H,(H,25,27)(H,26,28)/b10-8+,11-9+. The lowest BCUT2D eigenvalue weighted by molar-refractivity contribution is -0.112. The van der Waals surface area contributed by atoms with Crippen LogP contribution in [0.1, 0.15) is 11.1 Å². The predicted molar refractivity (Wildman–Crippen MR) is 110 cm³/mol. The third kappa shape index (κ3) is 6.03. The summed E-state index contributed by atoms with van der Waals surface area (Å²) in [6, 6.07) is 14.2. The fraction of sp³-hybridized carbons (Fsp3) is 0. The molecule has 28 heavy (non-hydrogen) atoms. The molecule has 0 unspecified atom stereocenters. The Labute approximate surface area is 162 Å². The summed E-state index contributed by atoms with van der Waals surface area (Å²) in [5.74, 6) is -0.549. The van der Waals surface area contributed by atoms with Gasteiger partial charge in [0.2, 0.25) is 11.8 Å². The van der Waals surface area contributed by atoms with E-state index in [9.17, 15) is 9.59 Å². The maximum absolute atomic E-state index is 12.1. The smallest absolute Gasteiger partial charge is 0.248 e. The third-order valence-electron chi connectivity index (χ3n) is 3.62. The highest BCUT2D eigenvalue weighted by Gasteiger charge is 2.02. The molecule has 3 aromatic rings. The van der Waals surface area contributed by atoms with Gasteiger partial charge in [-0.2, -0.15) is 0 Å². The normalized spacial score (nSPS) is 10.9. The lowest BCUT2D eigenvalue weighted by Gasteiger charge is -2.06. The zero-order chi connectivity index (χ0) is 19.6. The Bertz CT molecular complexity index is 921. The van der Waals surface area contributed by atoms with Crippen LogP contribution in [0, 0.1) is 0 Å². The Morgan fingerprint density at radius 2 is 1.21 bits per heavy atom. The van der Waals surface area contributed by atoms with Crippen LogP contribution in [0.25, 0.3) is 12.2 Å². The van der Waals surface area contributed by atoms with E-state index in [1.54, 1.807) is 73.3 Å². The molecule has 0 fully saturated rings. The van der Waals surface area contributed by atoms with Gasteiger partial charge in [-0.3, -0.25) is 19.6 Å². The number of pyridine rings is 2. The van der Waals surface area contributed by atoms with Gasteiger partial charge >= 0.3 is 0 Å². The van der Waals surface area contributed by atoms with Crippen molar-refractivity contribution in [2.75, 3.05) is 10.6 Å². The van der Waals surface area contributed by atoms with Crippen molar-refractivity contribution in [2.45, 2.75) is 0 Å². The number of carbonyl (C=O) groups is 2. The van der Waals surface area contributed by atoms with Crippen molar-refractivity contribution < 1.29 is 9.59 Å². The van der Waals surface area contributed by atoms with Crippen LogP contribution in [0.5, 0.6) is 0 Å². The molecule has 6 nitrogen and oxygen atoms in total. The number of benzene rings is 1. The Balaban J connectivity index is 1.57. The third-order valence-corrected chi connectivity index (χ3v) is 3.62. The van der Waals surface area contributed by atoms with Crippen LogP contribution in [-0.2, 0) is 9.59 Å². The molecule has 0 aliphatic heterocycles. The first-order valence-corrected chi connectivity index (χ1v) is 8.57. The van der Waals surface area contributed by atoms with Gasteiger partial charge < -0.3 is 10.6 Å². The predicted octanol–water partition coefficient (Wildman–Crippen LogP) is 3.78. The molecule has 1 aromatic carbocycles. The summed E-state index contributed by atoms with van der Waals surface area (Å²) < 4.78 is 0. The van der Waals surface area contributed by atoms with Gasteiger partial charge in [-0.1, -0.05) is 18.2 Å². The maximum Gasteiger partial charge on any atom is 0.248 e. The van der Waals surface area contributed by atoms with Crippen LogP contribution in [0.2, 0.25) is 0 Å². The minimum absolute atomic E-state index is 0.274. The molecule has 3 rings (SSSR count). The number of nitrogens with zero attached hydrogens (tertiary/aromatic N) is 2. The fourth-order valence-electron chi connectivity index (χ4n) is 2.34. The van der Waals surface area contributed by atoms with Gasteiger partial charge in [0.25, 0.3) is 0 Å². The minimum Gasteiger partial charge on any atom is -0.322 e. The number of aromatic nitrogens is 2. The quantitative estimate of drug-likeness (QED) is 0.647. The van der Waals surface area contributed by atoms with Gasteiger partial charge in [0, 0.05) is 48.3 Å². The average Bonchev–Trinajstić information content (AvgIpc) is 2.72. The van der Waals surface area contributed by atoms with Crippen molar-refractivity contribution in [3.8, 4) is 0 Å². The molecule has 2 aromatic heterocycles. The monoisotopic (exact) mass is 370 g/mol. The Hall–Kier alpha value is -4.06. The Kier molecular flexibility index (Phi) is 6.41. The molecule has 0 saturated carbocycles. The first kappa shape index (κ1) is 18.7. The van der Waals surface area contributed by atoms with E-state index < -0.39 is 0 Å². The molecule has 2 N–H and O–H groups in total. The number of carbonyl (C=O) groups excluding carboxylic acids is 2. The Morgan fingerprint density at radius 1 is 0.714 bits per heavy atom. The average molecular weight is 370 g/mol. The van der Waals surface area contributed by atoms with Crippen molar-refractivity contribution in [2.24, 2.45) is 0 Å². The van der Waals surface area contributed by atoms with Crippen molar-refractivity contribution in [1.29, 1.82) is 0 Å². The summed E-state index contributed by atoms with van der Waals surface area (Å²) in [7, 11) is 0. The van der Waals surface area contributed by atoms with Crippen molar-refractivity contribution in [3.05, 3.63) is 96.6 Å². The number of hydrogen-bond donors (Lipinski definition) is 2. The van der Waals surface area contributed by atoms with Gasteiger partial charge in [-0.05, 0) is 53.6 Å². The number of hydrogen-bond acceptors (Lipinski definition) is 4. The number of rotatable bonds is 6. The van der Waals surface area contributed by atoms with Crippen LogP contribution in [0.15, 0.2) is 85.5 Å². The molecule has 0 aliphatic carbocycles. The summed E-state index contributed by atoms with van der Waals surface area (Å²) in [5, 5.41) is 5.52. The molecular weight excluding hydrogens is 352 g/mol. The summed E-state index contributed by atoms with van der Waals surface area (Å²) in [6.07, 6.45) is 12.9. The van der Waals surface area contributed by atoms with Gasteiger partial charge in [-0.25, -0.2) is 0 Å². The van der Waals surface area contributed by atoms with E-state index in [-0.39, 0.29) is 11.8 Å². The van der Waals surface area contributed by atoms with E-state index in [0.29, 0.717) is 11.4 Å². The zero-order valence-electron chi connectivity index (χ0n) is 14.9. The largest absolute Gasteiger partial charge is 0.322 e. The van der Waals surface area contributed by atoms with Crippen molar-refractivity contribution in [1.82, 2.24) is 9.97 Å². The maximum atomic E-state index is 12.1. The first-order chi connectivity index (χ1) is 13.7. The van der Waals surface area contributed by atoms with E-state index in [0.717, 1.165) is 11.1 Å². The first-order valence-electron chi connectivity index (χ1n) is 8.57. The molecular formula is C22H18N4O2. The summed E-state index contributed by atoms with van der Waals surface area (Å²) in [6.45, 7) is 0. The Morgan fingerprint density at radius 3 is 1.64 bits per heavy atom. The van der Waals surface area contributed by atoms with Crippen molar-refractivity contribution >= 4 is 35.3 Å². The minimum atomic E-state index is -0.274. The summed E-state index contributed by atoms with van der Waals surface area (Å²) >= 11 is 0. The summed E-state index contributed by atoms with van der Waals surface area (Å²) in [4.78, 5) is 32.1. The topological polar surface area (TPSA) is 84.0 Å². The summed E-state index contributed by atoms with van der Waals surface area (Å²) in [5.41, 5.74) is 2.82. The fourth-order valence-corrected chi connectivity index (χ4v) is 2.34. The molecule has 0 atom stereocenters. The van der Waals surface area contributed by atoms with E-state index in [1.165, 1.54) is 12.2 Å². The van der Waals surface area contributed by atoms with Gasteiger partial charge in [0.05, 0.1) is 0 Å².